The molecule has 2 rings (SSSR count). The number of rotatable bonds is 6. The second-order valence-electron chi connectivity index (χ2n) is 4.80. The molecular weight excluding hydrogens is 354 g/mol. The van der Waals surface area contributed by atoms with E-state index < -0.39 is 36.5 Å². The topological polar surface area (TPSA) is 35.5 Å². The highest BCUT2D eigenvalue weighted by atomic mass is 19.4. The number of aldehydes is 1. The summed E-state index contributed by atoms with van der Waals surface area (Å²) >= 11 is 0. The van der Waals surface area contributed by atoms with Crippen LogP contribution in [0.5, 0.6) is 11.5 Å². The average molecular weight is 364 g/mol. The summed E-state index contributed by atoms with van der Waals surface area (Å²) in [5.74, 6) is -2.09. The van der Waals surface area contributed by atoms with Crippen LogP contribution in [0.2, 0.25) is 0 Å². The Balaban J connectivity index is 2.22. The van der Waals surface area contributed by atoms with Crippen LogP contribution in [0, 0.1) is 5.82 Å². The number of halogens is 6. The first-order valence-corrected chi connectivity index (χ1v) is 6.73. The van der Waals surface area contributed by atoms with Gasteiger partial charge < -0.3 is 9.47 Å². The third kappa shape index (κ3) is 4.88. The fraction of sp³-hybridized carbons (Fsp3) is 0.188. The minimum atomic E-state index is -4.88. The molecule has 0 N–H and O–H groups in total. The average Bonchev–Trinajstić information content (AvgIpc) is 2.53. The third-order valence-corrected chi connectivity index (χ3v) is 3.05. The Morgan fingerprint density at radius 1 is 1.04 bits per heavy atom. The Labute approximate surface area is 137 Å². The molecule has 0 aromatic heterocycles. The molecule has 0 unspecified atom stereocenters. The lowest BCUT2D eigenvalue weighted by Crippen LogP contribution is -2.10. The van der Waals surface area contributed by atoms with Crippen molar-refractivity contribution in [1.29, 1.82) is 0 Å². The number of benzene rings is 2. The van der Waals surface area contributed by atoms with Gasteiger partial charge >= 0.3 is 12.8 Å². The van der Waals surface area contributed by atoms with Crippen molar-refractivity contribution in [2.75, 3.05) is 0 Å². The van der Waals surface area contributed by atoms with Crippen LogP contribution in [-0.4, -0.2) is 12.9 Å². The summed E-state index contributed by atoms with van der Waals surface area (Å²) in [6, 6.07) is 5.68. The molecule has 0 atom stereocenters. The zero-order valence-corrected chi connectivity index (χ0v) is 12.3. The van der Waals surface area contributed by atoms with E-state index in [-0.39, 0.29) is 16.9 Å². The molecule has 2 aromatic rings. The number of carbonyl (C=O) groups is 1. The van der Waals surface area contributed by atoms with Gasteiger partial charge in [-0.1, -0.05) is 6.07 Å². The monoisotopic (exact) mass is 364 g/mol. The molecule has 0 spiro atoms. The zero-order valence-electron chi connectivity index (χ0n) is 12.3. The predicted octanol–water partition coefficient (Wildman–Crippen LogP) is 4.84. The maximum absolute atomic E-state index is 13.2. The van der Waals surface area contributed by atoms with Crippen molar-refractivity contribution >= 4 is 6.29 Å². The van der Waals surface area contributed by atoms with Crippen molar-refractivity contribution in [2.24, 2.45) is 0 Å². The molecule has 2 aromatic carbocycles. The van der Waals surface area contributed by atoms with E-state index in [1.807, 2.05) is 0 Å². The van der Waals surface area contributed by atoms with Gasteiger partial charge in [0, 0.05) is 5.56 Å². The van der Waals surface area contributed by atoms with E-state index in [9.17, 15) is 31.1 Å². The first-order valence-electron chi connectivity index (χ1n) is 6.73. The molecule has 0 aliphatic carbocycles. The van der Waals surface area contributed by atoms with E-state index in [2.05, 4.69) is 4.74 Å². The second-order valence-corrected chi connectivity index (χ2v) is 4.80. The fourth-order valence-electron chi connectivity index (χ4n) is 1.95. The number of hydrogen-bond acceptors (Lipinski definition) is 3. The second kappa shape index (κ2) is 7.45. The van der Waals surface area contributed by atoms with Crippen molar-refractivity contribution < 1.29 is 40.6 Å². The Morgan fingerprint density at radius 3 is 2.36 bits per heavy atom. The maximum Gasteiger partial charge on any atom is 0.419 e. The lowest BCUT2D eigenvalue weighted by molar-refractivity contribution is -0.140. The van der Waals surface area contributed by atoms with Gasteiger partial charge in [-0.3, -0.25) is 4.79 Å². The van der Waals surface area contributed by atoms with Gasteiger partial charge in [0.05, 0.1) is 5.56 Å². The van der Waals surface area contributed by atoms with Crippen LogP contribution >= 0.6 is 0 Å². The van der Waals surface area contributed by atoms with Crippen molar-refractivity contribution in [3.8, 4) is 11.5 Å². The predicted molar refractivity (Wildman–Crippen MR) is 74.2 cm³/mol. The van der Waals surface area contributed by atoms with Crippen LogP contribution in [0.1, 0.15) is 21.5 Å². The van der Waals surface area contributed by atoms with E-state index in [4.69, 9.17) is 4.74 Å². The highest BCUT2D eigenvalue weighted by Gasteiger charge is 2.34. The minimum absolute atomic E-state index is 0.0313. The Hall–Kier alpha value is -2.71. The van der Waals surface area contributed by atoms with Gasteiger partial charge in [0.2, 0.25) is 0 Å². The standard InChI is InChI=1S/C16H10F6O3/c17-12-3-1-10(5-11(12)16(20,21)22)8-24-13-4-2-9(7-23)6-14(13)25-15(18)19/h1-7,15H,8H2. The van der Waals surface area contributed by atoms with Crippen LogP contribution in [0.3, 0.4) is 0 Å². The van der Waals surface area contributed by atoms with Crippen LogP contribution in [0.4, 0.5) is 26.3 Å². The highest BCUT2D eigenvalue weighted by molar-refractivity contribution is 5.76. The molecular formula is C16H10F6O3. The van der Waals surface area contributed by atoms with Crippen LogP contribution in [0.25, 0.3) is 0 Å². The lowest BCUT2D eigenvalue weighted by atomic mass is 10.1. The van der Waals surface area contributed by atoms with Crippen LogP contribution < -0.4 is 9.47 Å². The summed E-state index contributed by atoms with van der Waals surface area (Å²) in [7, 11) is 0. The summed E-state index contributed by atoms with van der Waals surface area (Å²) in [6.07, 6.45) is -4.48. The molecule has 0 aliphatic rings. The van der Waals surface area contributed by atoms with Crippen molar-refractivity contribution in [3.63, 3.8) is 0 Å². The smallest absolute Gasteiger partial charge is 0.419 e. The summed E-state index contributed by atoms with van der Waals surface area (Å²) < 4.78 is 85.4. The largest absolute Gasteiger partial charge is 0.485 e. The number of alkyl halides is 5. The fourth-order valence-corrected chi connectivity index (χ4v) is 1.95. The molecule has 0 aliphatic heterocycles. The molecule has 9 heteroatoms. The van der Waals surface area contributed by atoms with Gasteiger partial charge in [-0.05, 0) is 35.9 Å². The molecule has 0 saturated carbocycles. The quantitative estimate of drug-likeness (QED) is 0.544. The van der Waals surface area contributed by atoms with E-state index in [1.54, 1.807) is 0 Å². The van der Waals surface area contributed by atoms with Gasteiger partial charge in [-0.15, -0.1) is 0 Å². The van der Waals surface area contributed by atoms with Gasteiger partial charge in [-0.25, -0.2) is 4.39 Å². The summed E-state index contributed by atoms with van der Waals surface area (Å²) in [5.41, 5.74) is -1.45. The van der Waals surface area contributed by atoms with E-state index >= 15 is 0 Å². The van der Waals surface area contributed by atoms with Gasteiger partial charge in [-0.2, -0.15) is 22.0 Å². The minimum Gasteiger partial charge on any atom is -0.485 e. The van der Waals surface area contributed by atoms with Crippen LogP contribution in [0.15, 0.2) is 36.4 Å². The molecule has 3 nitrogen and oxygen atoms in total. The normalized spacial score (nSPS) is 11.5. The summed E-state index contributed by atoms with van der Waals surface area (Å²) in [6.45, 7) is -3.64. The number of ether oxygens (including phenoxy) is 2. The Kier molecular flexibility index (Phi) is 5.55. The third-order valence-electron chi connectivity index (χ3n) is 3.05. The molecule has 0 amide bonds. The zero-order chi connectivity index (χ0) is 18.6. The molecule has 0 saturated heterocycles. The molecule has 25 heavy (non-hydrogen) atoms. The SMILES string of the molecule is O=Cc1ccc(OCc2ccc(F)c(C(F)(F)F)c2)c(OC(F)F)c1. The molecule has 0 fully saturated rings. The first kappa shape index (κ1) is 18.6. The Morgan fingerprint density at radius 2 is 1.76 bits per heavy atom. The number of hydrogen-bond donors (Lipinski definition) is 0. The van der Waals surface area contributed by atoms with Crippen molar-refractivity contribution in [2.45, 2.75) is 19.4 Å². The van der Waals surface area contributed by atoms with Crippen molar-refractivity contribution in [1.82, 2.24) is 0 Å². The summed E-state index contributed by atoms with van der Waals surface area (Å²) in [5, 5.41) is 0. The highest BCUT2D eigenvalue weighted by Crippen LogP contribution is 2.33. The van der Waals surface area contributed by atoms with Crippen molar-refractivity contribution in [3.05, 3.63) is 58.9 Å². The number of carbonyl (C=O) groups excluding carboxylic acids is 1. The molecule has 0 bridgehead atoms. The Bertz CT molecular complexity index is 758. The van der Waals surface area contributed by atoms with Crippen LogP contribution in [-0.2, 0) is 12.8 Å². The maximum atomic E-state index is 13.2. The molecule has 0 heterocycles. The molecule has 0 radical (unpaired) electrons. The molecule has 134 valence electrons. The van der Waals surface area contributed by atoms with E-state index in [0.29, 0.717) is 18.4 Å². The van der Waals surface area contributed by atoms with Gasteiger partial charge in [0.1, 0.15) is 18.7 Å². The first-order chi connectivity index (χ1) is 11.7. The van der Waals surface area contributed by atoms with Gasteiger partial charge in [0.15, 0.2) is 11.5 Å². The van der Waals surface area contributed by atoms with E-state index in [1.165, 1.54) is 6.07 Å². The summed E-state index contributed by atoms with van der Waals surface area (Å²) in [4.78, 5) is 10.7. The van der Waals surface area contributed by atoms with E-state index in [0.717, 1.165) is 18.2 Å². The van der Waals surface area contributed by atoms with Gasteiger partial charge in [0.25, 0.3) is 0 Å². The lowest BCUT2D eigenvalue weighted by Gasteiger charge is -2.14.